The van der Waals surface area contributed by atoms with Gasteiger partial charge in [-0.1, -0.05) is 23.7 Å². The molecular weight excluding hydrogens is 372 g/mol. The molecule has 0 aliphatic rings. The average Bonchev–Trinajstić information content (AvgIpc) is 3.28. The summed E-state index contributed by atoms with van der Waals surface area (Å²) in [6.07, 6.45) is 1.52. The first kappa shape index (κ1) is 15.3. The van der Waals surface area contributed by atoms with Crippen LogP contribution in [0.25, 0.3) is 27.8 Å². The number of aromatic nitrogens is 6. The third-order valence-electron chi connectivity index (χ3n) is 3.83. The van der Waals surface area contributed by atoms with Gasteiger partial charge in [-0.15, -0.1) is 5.10 Å². The van der Waals surface area contributed by atoms with E-state index in [9.17, 15) is 0 Å². The third-order valence-corrected chi connectivity index (χ3v) is 5.00. The number of tetrazole rings is 1. The van der Waals surface area contributed by atoms with E-state index >= 15 is 0 Å². The minimum Gasteiger partial charge on any atom is -0.451 e. The van der Waals surface area contributed by atoms with Crippen LogP contribution in [0.1, 0.15) is 0 Å². The maximum absolute atomic E-state index is 5.95. The van der Waals surface area contributed by atoms with Gasteiger partial charge in [0.1, 0.15) is 17.4 Å². The lowest BCUT2D eigenvalue weighted by Gasteiger charge is -2.04. The molecule has 0 amide bonds. The van der Waals surface area contributed by atoms with Crippen molar-refractivity contribution in [2.75, 3.05) is 0 Å². The molecule has 26 heavy (non-hydrogen) atoms. The molecule has 0 unspecified atom stereocenters. The molecule has 0 bridgehead atoms. The number of rotatable bonds is 3. The van der Waals surface area contributed by atoms with E-state index in [4.69, 9.17) is 16.0 Å². The van der Waals surface area contributed by atoms with Crippen molar-refractivity contribution in [3.8, 4) is 5.69 Å². The monoisotopic (exact) mass is 380 g/mol. The summed E-state index contributed by atoms with van der Waals surface area (Å²) in [4.78, 5) is 8.71. The maximum atomic E-state index is 5.95. The first-order chi connectivity index (χ1) is 12.8. The second-order valence-corrected chi connectivity index (χ2v) is 6.80. The number of fused-ring (bicyclic) bond motifs is 3. The number of hydrogen-bond acceptors (Lipinski definition) is 7. The summed E-state index contributed by atoms with van der Waals surface area (Å²) in [5.41, 5.74) is 2.95. The van der Waals surface area contributed by atoms with Gasteiger partial charge in [0.2, 0.25) is 5.16 Å². The van der Waals surface area contributed by atoms with Crippen LogP contribution >= 0.6 is 23.4 Å². The Balaban J connectivity index is 1.61. The van der Waals surface area contributed by atoms with Gasteiger partial charge in [-0.05, 0) is 58.6 Å². The molecule has 9 heteroatoms. The van der Waals surface area contributed by atoms with Crippen LogP contribution in [0.5, 0.6) is 0 Å². The summed E-state index contributed by atoms with van der Waals surface area (Å²) >= 11 is 7.26. The molecule has 0 spiro atoms. The lowest BCUT2D eigenvalue weighted by Crippen LogP contribution is -1.99. The van der Waals surface area contributed by atoms with Gasteiger partial charge in [-0.2, -0.15) is 4.68 Å². The van der Waals surface area contributed by atoms with Gasteiger partial charge in [0.15, 0.2) is 10.6 Å². The van der Waals surface area contributed by atoms with E-state index in [0.29, 0.717) is 20.8 Å². The Kier molecular flexibility index (Phi) is 3.58. The molecule has 0 atom stereocenters. The number of para-hydroxylation sites is 1. The van der Waals surface area contributed by atoms with Gasteiger partial charge in [0.25, 0.3) is 0 Å². The average molecular weight is 381 g/mol. The number of benzene rings is 2. The SMILES string of the molecule is Clc1ccc(-n2nnnc2Sc2ncnc3c2oc2ccccc23)cc1. The molecule has 0 N–H and O–H groups in total. The van der Waals surface area contributed by atoms with E-state index < -0.39 is 0 Å². The predicted molar refractivity (Wildman–Crippen MR) is 97.6 cm³/mol. The topological polar surface area (TPSA) is 82.5 Å². The van der Waals surface area contributed by atoms with Gasteiger partial charge in [0.05, 0.1) is 5.69 Å². The lowest BCUT2D eigenvalue weighted by molar-refractivity contribution is 0.653. The Labute approximate surface area is 156 Å². The van der Waals surface area contributed by atoms with Crippen LogP contribution in [-0.4, -0.2) is 30.2 Å². The molecule has 0 radical (unpaired) electrons. The fraction of sp³-hybridized carbons (Fsp3) is 0. The maximum Gasteiger partial charge on any atom is 0.220 e. The molecule has 126 valence electrons. The molecule has 0 aliphatic heterocycles. The molecule has 3 aromatic heterocycles. The van der Waals surface area contributed by atoms with Crippen LogP contribution in [0.3, 0.4) is 0 Å². The highest BCUT2D eigenvalue weighted by Gasteiger charge is 2.17. The van der Waals surface area contributed by atoms with Crippen LogP contribution in [0.15, 0.2) is 69.5 Å². The zero-order valence-electron chi connectivity index (χ0n) is 13.1. The largest absolute Gasteiger partial charge is 0.451 e. The first-order valence-corrected chi connectivity index (χ1v) is 8.83. The molecule has 5 rings (SSSR count). The molecule has 3 heterocycles. The Morgan fingerprint density at radius 2 is 1.85 bits per heavy atom. The number of halogens is 1. The minimum atomic E-state index is 0.563. The second kappa shape index (κ2) is 6.08. The Hall–Kier alpha value is -2.97. The van der Waals surface area contributed by atoms with Crippen molar-refractivity contribution in [1.82, 2.24) is 30.2 Å². The number of furan rings is 1. The highest BCUT2D eigenvalue weighted by Crippen LogP contribution is 2.35. The van der Waals surface area contributed by atoms with Crippen molar-refractivity contribution >= 4 is 45.4 Å². The van der Waals surface area contributed by atoms with Gasteiger partial charge < -0.3 is 4.42 Å². The van der Waals surface area contributed by atoms with Crippen molar-refractivity contribution in [3.05, 3.63) is 59.9 Å². The predicted octanol–water partition coefficient (Wildman–Crippen LogP) is 4.16. The number of nitrogens with zero attached hydrogens (tertiary/aromatic N) is 6. The summed E-state index contributed by atoms with van der Waals surface area (Å²) in [6, 6.07) is 15.0. The fourth-order valence-corrected chi connectivity index (χ4v) is 3.58. The molecule has 0 aliphatic carbocycles. The van der Waals surface area contributed by atoms with Crippen LogP contribution in [0, 0.1) is 0 Å². The van der Waals surface area contributed by atoms with Crippen molar-refractivity contribution in [2.24, 2.45) is 0 Å². The van der Waals surface area contributed by atoms with Crippen LogP contribution in [0.4, 0.5) is 0 Å². The molecule has 7 nitrogen and oxygen atoms in total. The van der Waals surface area contributed by atoms with Crippen LogP contribution in [0.2, 0.25) is 5.02 Å². The van der Waals surface area contributed by atoms with E-state index in [1.807, 2.05) is 36.4 Å². The van der Waals surface area contributed by atoms with E-state index in [1.54, 1.807) is 16.8 Å². The molecule has 0 saturated carbocycles. The summed E-state index contributed by atoms with van der Waals surface area (Å²) in [5, 5.41) is 14.7. The standard InChI is InChI=1S/C17H9ClN6OS/c18-10-5-7-11(8-6-10)24-17(21-22-23-24)26-16-15-14(19-9-20-16)12-3-1-2-4-13(12)25-15/h1-9H. The van der Waals surface area contributed by atoms with Crippen molar-refractivity contribution in [2.45, 2.75) is 10.2 Å². The smallest absolute Gasteiger partial charge is 0.220 e. The first-order valence-electron chi connectivity index (χ1n) is 7.64. The van der Waals surface area contributed by atoms with E-state index in [0.717, 1.165) is 22.2 Å². The molecular formula is C17H9ClN6OS. The summed E-state index contributed by atoms with van der Waals surface area (Å²) in [7, 11) is 0. The summed E-state index contributed by atoms with van der Waals surface area (Å²) in [6.45, 7) is 0. The quantitative estimate of drug-likeness (QED) is 0.434. The molecule has 0 fully saturated rings. The Bertz CT molecular complexity index is 1230. The molecule has 5 aromatic rings. The second-order valence-electron chi connectivity index (χ2n) is 5.41. The third kappa shape index (κ3) is 2.51. The molecule has 2 aromatic carbocycles. The van der Waals surface area contributed by atoms with Gasteiger partial charge in [0, 0.05) is 10.4 Å². The summed E-state index contributed by atoms with van der Waals surface area (Å²) < 4.78 is 7.58. The highest BCUT2D eigenvalue weighted by molar-refractivity contribution is 7.99. The van der Waals surface area contributed by atoms with Crippen molar-refractivity contribution in [1.29, 1.82) is 0 Å². The van der Waals surface area contributed by atoms with Crippen molar-refractivity contribution in [3.63, 3.8) is 0 Å². The normalized spacial score (nSPS) is 11.4. The van der Waals surface area contributed by atoms with Crippen LogP contribution in [-0.2, 0) is 0 Å². The van der Waals surface area contributed by atoms with Gasteiger partial charge in [-0.25, -0.2) is 9.97 Å². The van der Waals surface area contributed by atoms with E-state index in [2.05, 4.69) is 25.5 Å². The van der Waals surface area contributed by atoms with Crippen LogP contribution < -0.4 is 0 Å². The summed E-state index contributed by atoms with van der Waals surface area (Å²) in [5.74, 6) is 0. The zero-order valence-corrected chi connectivity index (χ0v) is 14.6. The highest BCUT2D eigenvalue weighted by atomic mass is 35.5. The van der Waals surface area contributed by atoms with E-state index in [-0.39, 0.29) is 0 Å². The van der Waals surface area contributed by atoms with Gasteiger partial charge in [-0.3, -0.25) is 0 Å². The van der Waals surface area contributed by atoms with Gasteiger partial charge >= 0.3 is 0 Å². The zero-order chi connectivity index (χ0) is 17.5. The number of hydrogen-bond donors (Lipinski definition) is 0. The Morgan fingerprint density at radius 1 is 1.00 bits per heavy atom. The Morgan fingerprint density at radius 3 is 2.73 bits per heavy atom. The van der Waals surface area contributed by atoms with E-state index in [1.165, 1.54) is 18.1 Å². The lowest BCUT2D eigenvalue weighted by atomic mass is 10.2. The van der Waals surface area contributed by atoms with Crippen molar-refractivity contribution < 1.29 is 4.42 Å². The molecule has 0 saturated heterocycles. The fourth-order valence-electron chi connectivity index (χ4n) is 2.65. The minimum absolute atomic E-state index is 0.563.